The Balaban J connectivity index is 2.56. The first-order valence-electron chi connectivity index (χ1n) is 3.68. The number of rotatable bonds is 2. The van der Waals surface area contributed by atoms with Crippen LogP contribution in [0, 0.1) is 0 Å². The van der Waals surface area contributed by atoms with Crippen molar-refractivity contribution < 1.29 is 13.2 Å². The fourth-order valence-corrected chi connectivity index (χ4v) is 1.08. The van der Waals surface area contributed by atoms with Gasteiger partial charge in [-0.1, -0.05) is 0 Å². The molecule has 1 rings (SSSR count). The second kappa shape index (κ2) is 3.21. The van der Waals surface area contributed by atoms with Gasteiger partial charge >= 0.3 is 6.18 Å². The maximum absolute atomic E-state index is 11.9. The molecule has 0 aromatic carbocycles. The van der Waals surface area contributed by atoms with Gasteiger partial charge in [-0.05, 0) is 19.1 Å². The Labute approximate surface area is 68.8 Å². The second-order valence-electron chi connectivity index (χ2n) is 2.80. The van der Waals surface area contributed by atoms with Crippen molar-refractivity contribution in [2.45, 2.75) is 25.6 Å². The minimum absolute atomic E-state index is 0.514. The lowest BCUT2D eigenvalue weighted by molar-refractivity contribution is -0.141. The molecule has 0 spiro atoms. The smallest absolute Gasteiger partial charge is 0.351 e. The van der Waals surface area contributed by atoms with E-state index in [-0.39, 0.29) is 0 Å². The standard InChI is InChI=1S/C8H10F3N/c1-7(6-8(9,10)11)12-4-2-3-5-12/h2-5,7H,6H2,1H3. The van der Waals surface area contributed by atoms with Crippen molar-refractivity contribution in [1.82, 2.24) is 4.57 Å². The average Bonchev–Trinajstić information content (AvgIpc) is 2.32. The van der Waals surface area contributed by atoms with E-state index in [1.165, 1.54) is 0 Å². The van der Waals surface area contributed by atoms with E-state index in [9.17, 15) is 13.2 Å². The summed E-state index contributed by atoms with van der Waals surface area (Å²) in [5, 5.41) is 0. The van der Waals surface area contributed by atoms with Gasteiger partial charge in [0.2, 0.25) is 0 Å². The van der Waals surface area contributed by atoms with Crippen molar-refractivity contribution >= 4 is 0 Å². The Bertz CT molecular complexity index is 225. The maximum Gasteiger partial charge on any atom is 0.391 e. The van der Waals surface area contributed by atoms with Gasteiger partial charge in [-0.15, -0.1) is 0 Å². The highest BCUT2D eigenvalue weighted by molar-refractivity contribution is 4.92. The topological polar surface area (TPSA) is 4.93 Å². The number of halogens is 3. The minimum atomic E-state index is -4.08. The van der Waals surface area contributed by atoms with Gasteiger partial charge in [0.15, 0.2) is 0 Å². The van der Waals surface area contributed by atoms with Gasteiger partial charge in [0.1, 0.15) is 0 Å². The van der Waals surface area contributed by atoms with Gasteiger partial charge in [0, 0.05) is 18.4 Å². The van der Waals surface area contributed by atoms with Gasteiger partial charge in [0.25, 0.3) is 0 Å². The summed E-state index contributed by atoms with van der Waals surface area (Å²) in [4.78, 5) is 0. The predicted octanol–water partition coefficient (Wildman–Crippen LogP) is 3.00. The van der Waals surface area contributed by atoms with E-state index in [2.05, 4.69) is 0 Å². The van der Waals surface area contributed by atoms with Gasteiger partial charge in [0.05, 0.1) is 6.42 Å². The Hall–Kier alpha value is -0.930. The molecule has 0 aliphatic rings. The molecule has 0 fully saturated rings. The van der Waals surface area contributed by atoms with E-state index in [1.807, 2.05) is 0 Å². The number of alkyl halides is 3. The van der Waals surface area contributed by atoms with E-state index >= 15 is 0 Å². The van der Waals surface area contributed by atoms with Gasteiger partial charge < -0.3 is 4.57 Å². The summed E-state index contributed by atoms with van der Waals surface area (Å²) in [5.74, 6) is 0. The van der Waals surface area contributed by atoms with Crippen LogP contribution in [-0.4, -0.2) is 10.7 Å². The fourth-order valence-electron chi connectivity index (χ4n) is 1.08. The number of hydrogen-bond donors (Lipinski definition) is 0. The van der Waals surface area contributed by atoms with Crippen LogP contribution in [0.25, 0.3) is 0 Å². The molecule has 0 saturated carbocycles. The molecule has 1 unspecified atom stereocenters. The SMILES string of the molecule is CC(CC(F)(F)F)n1cccc1. The zero-order chi connectivity index (χ0) is 9.19. The molecule has 68 valence electrons. The van der Waals surface area contributed by atoms with E-state index in [1.54, 1.807) is 36.0 Å². The monoisotopic (exact) mass is 177 g/mol. The molecule has 1 aromatic heterocycles. The van der Waals surface area contributed by atoms with Gasteiger partial charge in [-0.2, -0.15) is 13.2 Å². The summed E-state index contributed by atoms with van der Waals surface area (Å²) in [6, 6.07) is 2.92. The molecule has 4 heteroatoms. The van der Waals surface area contributed by atoms with Crippen LogP contribution < -0.4 is 0 Å². The highest BCUT2D eigenvalue weighted by Crippen LogP contribution is 2.27. The van der Waals surface area contributed by atoms with Crippen molar-refractivity contribution in [2.75, 3.05) is 0 Å². The van der Waals surface area contributed by atoms with E-state index in [0.29, 0.717) is 0 Å². The van der Waals surface area contributed by atoms with Gasteiger partial charge in [-0.25, -0.2) is 0 Å². The highest BCUT2D eigenvalue weighted by atomic mass is 19.4. The molecular weight excluding hydrogens is 167 g/mol. The molecule has 0 aliphatic heterocycles. The average molecular weight is 177 g/mol. The molecular formula is C8H10F3N. The molecule has 1 heterocycles. The molecule has 1 atom stereocenters. The van der Waals surface area contributed by atoms with Crippen LogP contribution in [0.4, 0.5) is 13.2 Å². The largest absolute Gasteiger partial charge is 0.391 e. The molecule has 0 N–H and O–H groups in total. The van der Waals surface area contributed by atoms with Crippen molar-refractivity contribution in [2.24, 2.45) is 0 Å². The third-order valence-electron chi connectivity index (χ3n) is 1.66. The lowest BCUT2D eigenvalue weighted by Gasteiger charge is -2.15. The molecule has 12 heavy (non-hydrogen) atoms. The molecule has 1 nitrogen and oxygen atoms in total. The molecule has 0 saturated heterocycles. The van der Waals surface area contributed by atoms with Crippen LogP contribution in [0.1, 0.15) is 19.4 Å². The second-order valence-corrected chi connectivity index (χ2v) is 2.80. The van der Waals surface area contributed by atoms with Crippen LogP contribution in [0.3, 0.4) is 0 Å². The van der Waals surface area contributed by atoms with Crippen LogP contribution in [0.2, 0.25) is 0 Å². The molecule has 0 amide bonds. The highest BCUT2D eigenvalue weighted by Gasteiger charge is 2.30. The summed E-state index contributed by atoms with van der Waals surface area (Å²) in [6.45, 7) is 1.55. The van der Waals surface area contributed by atoms with Crippen molar-refractivity contribution in [3.63, 3.8) is 0 Å². The Kier molecular flexibility index (Phi) is 2.45. The third-order valence-corrected chi connectivity index (χ3v) is 1.66. The van der Waals surface area contributed by atoms with Crippen LogP contribution in [0.15, 0.2) is 24.5 Å². The lowest BCUT2D eigenvalue weighted by Crippen LogP contribution is -2.15. The zero-order valence-corrected chi connectivity index (χ0v) is 6.67. The fraction of sp³-hybridized carbons (Fsp3) is 0.500. The maximum atomic E-state index is 11.9. The van der Waals surface area contributed by atoms with E-state index < -0.39 is 18.6 Å². The minimum Gasteiger partial charge on any atom is -0.351 e. The summed E-state index contributed by atoms with van der Waals surface area (Å²) < 4.78 is 37.2. The van der Waals surface area contributed by atoms with Crippen LogP contribution in [0.5, 0.6) is 0 Å². The van der Waals surface area contributed by atoms with E-state index in [4.69, 9.17) is 0 Å². The summed E-state index contributed by atoms with van der Waals surface area (Å²) in [5.41, 5.74) is 0. The number of hydrogen-bond acceptors (Lipinski definition) is 0. The first-order chi connectivity index (χ1) is 5.49. The molecule has 0 aliphatic carbocycles. The number of nitrogens with zero attached hydrogens (tertiary/aromatic N) is 1. The van der Waals surface area contributed by atoms with Crippen molar-refractivity contribution in [1.29, 1.82) is 0 Å². The Morgan fingerprint density at radius 3 is 2.17 bits per heavy atom. The first-order valence-corrected chi connectivity index (χ1v) is 3.68. The summed E-state index contributed by atoms with van der Waals surface area (Å²) in [6.07, 6.45) is -1.59. The Morgan fingerprint density at radius 1 is 1.25 bits per heavy atom. The van der Waals surface area contributed by atoms with E-state index in [0.717, 1.165) is 0 Å². The first kappa shape index (κ1) is 9.16. The Morgan fingerprint density at radius 2 is 1.75 bits per heavy atom. The third kappa shape index (κ3) is 2.60. The molecule has 0 bridgehead atoms. The van der Waals surface area contributed by atoms with Crippen LogP contribution in [-0.2, 0) is 0 Å². The van der Waals surface area contributed by atoms with Crippen molar-refractivity contribution in [3.8, 4) is 0 Å². The van der Waals surface area contributed by atoms with Crippen molar-refractivity contribution in [3.05, 3.63) is 24.5 Å². The summed E-state index contributed by atoms with van der Waals surface area (Å²) in [7, 11) is 0. The molecule has 0 radical (unpaired) electrons. The van der Waals surface area contributed by atoms with Gasteiger partial charge in [-0.3, -0.25) is 0 Å². The molecule has 1 aromatic rings. The normalized spacial score (nSPS) is 14.7. The predicted molar refractivity (Wildman–Crippen MR) is 39.8 cm³/mol. The zero-order valence-electron chi connectivity index (χ0n) is 6.67. The number of aromatic nitrogens is 1. The summed E-state index contributed by atoms with van der Waals surface area (Å²) >= 11 is 0. The quantitative estimate of drug-likeness (QED) is 0.654. The van der Waals surface area contributed by atoms with Crippen LogP contribution >= 0.6 is 0 Å². The lowest BCUT2D eigenvalue weighted by atomic mass is 10.2.